The van der Waals surface area contributed by atoms with Gasteiger partial charge in [-0.2, -0.15) is 0 Å². The Morgan fingerprint density at radius 1 is 0.729 bits per heavy atom. The summed E-state index contributed by atoms with van der Waals surface area (Å²) in [5, 5.41) is 27.0. The number of aryl methyl sites for hydroxylation is 1. The molecule has 70 heavy (non-hydrogen) atoms. The summed E-state index contributed by atoms with van der Waals surface area (Å²) in [6, 6.07) is 31.8. The summed E-state index contributed by atoms with van der Waals surface area (Å²) in [4.78, 5) is 55.4. The molecule has 3 aliphatic heterocycles. The number of phenols is 2. The lowest BCUT2D eigenvalue weighted by Gasteiger charge is -2.36. The average Bonchev–Trinajstić information content (AvgIpc) is 3.97. The number of unbranched alkanes of at least 4 members (excludes halogenated alkanes) is 2. The van der Waals surface area contributed by atoms with Crippen LogP contribution in [0.15, 0.2) is 120 Å². The van der Waals surface area contributed by atoms with Crippen LogP contribution >= 0.6 is 11.6 Å². The van der Waals surface area contributed by atoms with E-state index in [4.69, 9.17) is 25.8 Å². The van der Waals surface area contributed by atoms with E-state index in [0.29, 0.717) is 91.4 Å². The number of aromatic hydroxyl groups is 2. The SMILES string of the molecule is O=C(CCCCCNC(=O)c1ccc2c(c1)C(=O)OC21c2ccc(O)cc2Oc2cc(O)ccc21)NCCCOc1ccc2c(c1)n1cccc1c(=O)n2CCCN1CCC(c2ccc(Cl)cc2)CC1. The number of piperidine rings is 1. The predicted molar refractivity (Wildman–Crippen MR) is 266 cm³/mol. The van der Waals surface area contributed by atoms with E-state index in [1.165, 1.54) is 35.9 Å². The number of carbonyl (C=O) groups excluding carboxylic acids is 3. The number of aromatic nitrogens is 2. The highest BCUT2D eigenvalue weighted by molar-refractivity contribution is 6.30. The van der Waals surface area contributed by atoms with Crippen LogP contribution in [0.5, 0.6) is 28.7 Å². The molecular weight excluding hydrogens is 910 g/mol. The van der Waals surface area contributed by atoms with Gasteiger partial charge in [0.2, 0.25) is 5.91 Å². The second kappa shape index (κ2) is 20.0. The van der Waals surface area contributed by atoms with Gasteiger partial charge in [-0.25, -0.2) is 4.79 Å². The number of hydrogen-bond donors (Lipinski definition) is 4. The Morgan fingerprint density at radius 2 is 1.46 bits per heavy atom. The van der Waals surface area contributed by atoms with Gasteiger partial charge >= 0.3 is 5.97 Å². The lowest BCUT2D eigenvalue weighted by atomic mass is 9.77. The predicted octanol–water partition coefficient (Wildman–Crippen LogP) is 9.03. The third-order valence-corrected chi connectivity index (χ3v) is 14.1. The third kappa shape index (κ3) is 9.28. The van der Waals surface area contributed by atoms with Crippen molar-refractivity contribution in [3.63, 3.8) is 0 Å². The van der Waals surface area contributed by atoms with Crippen molar-refractivity contribution in [1.29, 1.82) is 0 Å². The first-order valence-electron chi connectivity index (χ1n) is 24.1. The molecule has 4 N–H and O–H groups in total. The van der Waals surface area contributed by atoms with Gasteiger partial charge in [0.05, 0.1) is 23.2 Å². The zero-order chi connectivity index (χ0) is 48.4. The number of esters is 1. The molecular formula is C55H54ClN5O9. The van der Waals surface area contributed by atoms with Gasteiger partial charge < -0.3 is 48.9 Å². The highest BCUT2D eigenvalue weighted by Crippen LogP contribution is 2.57. The molecule has 0 atom stereocenters. The van der Waals surface area contributed by atoms with Crippen molar-refractivity contribution in [1.82, 2.24) is 24.5 Å². The minimum absolute atomic E-state index is 0.00457. The lowest BCUT2D eigenvalue weighted by molar-refractivity contribution is -0.121. The fourth-order valence-electron chi connectivity index (χ4n) is 10.2. The monoisotopic (exact) mass is 963 g/mol. The van der Waals surface area contributed by atoms with Crippen molar-refractivity contribution in [3.05, 3.63) is 164 Å². The fourth-order valence-corrected chi connectivity index (χ4v) is 10.4. The van der Waals surface area contributed by atoms with E-state index < -0.39 is 11.6 Å². The number of amides is 2. The molecule has 0 aliphatic carbocycles. The molecule has 3 aliphatic rings. The van der Waals surface area contributed by atoms with Gasteiger partial charge in [0.1, 0.15) is 34.3 Å². The summed E-state index contributed by atoms with van der Waals surface area (Å²) in [6.45, 7) is 4.90. The molecule has 2 aromatic heterocycles. The summed E-state index contributed by atoms with van der Waals surface area (Å²) in [6.07, 6.45) is 8.04. The van der Waals surface area contributed by atoms with E-state index in [1.54, 1.807) is 24.3 Å². The third-order valence-electron chi connectivity index (χ3n) is 13.8. The average molecular weight is 965 g/mol. The van der Waals surface area contributed by atoms with Crippen LogP contribution in [0.4, 0.5) is 0 Å². The highest BCUT2D eigenvalue weighted by Gasteiger charge is 2.53. The second-order valence-corrected chi connectivity index (χ2v) is 18.7. The summed E-state index contributed by atoms with van der Waals surface area (Å²) < 4.78 is 22.1. The van der Waals surface area contributed by atoms with Crippen LogP contribution < -0.4 is 25.7 Å². The van der Waals surface area contributed by atoms with E-state index in [9.17, 15) is 29.4 Å². The van der Waals surface area contributed by atoms with Gasteiger partial charge in [0.15, 0.2) is 5.60 Å². The topological polar surface area (TPSA) is 173 Å². The minimum Gasteiger partial charge on any atom is -0.508 e. The maximum atomic E-state index is 13.6. The quantitative estimate of drug-likeness (QED) is 0.0510. The highest BCUT2D eigenvalue weighted by atomic mass is 35.5. The molecule has 1 fully saturated rings. The minimum atomic E-state index is -1.41. The number of carbonyl (C=O) groups is 3. The molecule has 0 bridgehead atoms. The molecule has 14 nitrogen and oxygen atoms in total. The first kappa shape index (κ1) is 46.4. The largest absolute Gasteiger partial charge is 0.508 e. The van der Waals surface area contributed by atoms with Gasteiger partial charge in [0, 0.05) is 77.7 Å². The number of benzene rings is 5. The van der Waals surface area contributed by atoms with Crippen LogP contribution in [-0.4, -0.2) is 81.2 Å². The molecule has 2 amide bonds. The van der Waals surface area contributed by atoms with E-state index >= 15 is 0 Å². The molecule has 7 aromatic rings. The van der Waals surface area contributed by atoms with Crippen LogP contribution in [0.3, 0.4) is 0 Å². The maximum absolute atomic E-state index is 13.6. The van der Waals surface area contributed by atoms with E-state index in [0.717, 1.165) is 61.4 Å². The Balaban J connectivity index is 0.647. The Morgan fingerprint density at radius 3 is 2.21 bits per heavy atom. The molecule has 360 valence electrons. The normalized spacial score (nSPS) is 15.0. The van der Waals surface area contributed by atoms with Crippen molar-refractivity contribution < 1.29 is 38.8 Å². The van der Waals surface area contributed by atoms with Crippen LogP contribution in [0, 0.1) is 0 Å². The van der Waals surface area contributed by atoms with Gasteiger partial charge in [-0.15, -0.1) is 0 Å². The fraction of sp³-hybridized carbons (Fsp3) is 0.309. The van der Waals surface area contributed by atoms with E-state index in [-0.39, 0.29) is 45.9 Å². The number of nitrogens with one attached hydrogen (secondary N) is 2. The lowest BCUT2D eigenvalue weighted by Crippen LogP contribution is -2.34. The van der Waals surface area contributed by atoms with Crippen molar-refractivity contribution in [2.45, 2.75) is 69.4 Å². The number of fused-ring (bicyclic) bond motifs is 9. The number of ether oxygens (including phenoxy) is 3. The van der Waals surface area contributed by atoms with Crippen LogP contribution in [0.25, 0.3) is 16.6 Å². The molecule has 15 heteroatoms. The van der Waals surface area contributed by atoms with E-state index in [1.807, 2.05) is 57.6 Å². The Bertz CT molecular complexity index is 3120. The van der Waals surface area contributed by atoms with Crippen LogP contribution in [0.2, 0.25) is 5.02 Å². The Kier molecular flexibility index (Phi) is 13.3. The molecule has 1 saturated heterocycles. The van der Waals surface area contributed by atoms with E-state index in [2.05, 4.69) is 27.7 Å². The molecule has 10 rings (SSSR count). The Labute approximate surface area is 409 Å². The summed E-state index contributed by atoms with van der Waals surface area (Å²) >= 11 is 6.10. The number of hydrogen-bond acceptors (Lipinski definition) is 10. The molecule has 5 heterocycles. The van der Waals surface area contributed by atoms with Gasteiger partial charge in [-0.3, -0.25) is 14.4 Å². The first-order chi connectivity index (χ1) is 34.0. The van der Waals surface area contributed by atoms with Gasteiger partial charge in [-0.05, 0) is 142 Å². The standard InChI is InChI=1S/C55H54ClN5O9/c56-38-12-9-35(10-13-38)36-21-28-59(29-22-36)25-6-27-61-46-20-16-41(34-48(46)60-26-4-7-47(60)53(61)66)68-30-5-24-57-51(64)8-2-1-3-23-58-52(65)37-11-17-43-42(31-37)54(67)70-55(43)44-18-14-39(62)32-49(44)69-50-33-40(63)15-19-45(50)55/h4,7,9-20,26,31-34,36,62-63H,1-3,5-6,8,21-25,27-30H2,(H,57,64)(H,58,65). The van der Waals surface area contributed by atoms with Crippen molar-refractivity contribution in [2.24, 2.45) is 0 Å². The molecule has 0 saturated carbocycles. The van der Waals surface area contributed by atoms with Gasteiger partial charge in [0.25, 0.3) is 11.5 Å². The smallest absolute Gasteiger partial charge is 0.340 e. The molecule has 5 aromatic carbocycles. The number of halogens is 1. The molecule has 0 radical (unpaired) electrons. The second-order valence-electron chi connectivity index (χ2n) is 18.3. The Hall–Kier alpha value is -7.29. The maximum Gasteiger partial charge on any atom is 0.340 e. The number of phenolic OH excluding ortho intramolecular Hbond substituents is 2. The van der Waals surface area contributed by atoms with Crippen molar-refractivity contribution >= 4 is 45.9 Å². The first-order valence-corrected chi connectivity index (χ1v) is 24.5. The zero-order valence-electron chi connectivity index (χ0n) is 38.6. The van der Waals surface area contributed by atoms with Crippen LogP contribution in [-0.2, 0) is 21.7 Å². The molecule has 1 spiro atoms. The van der Waals surface area contributed by atoms with Gasteiger partial charge in [-0.1, -0.05) is 36.2 Å². The van der Waals surface area contributed by atoms with Crippen molar-refractivity contribution in [3.8, 4) is 28.7 Å². The number of nitrogens with zero attached hydrogens (tertiary/aromatic N) is 3. The number of likely N-dealkylation sites (tertiary alicyclic amines) is 1. The number of rotatable bonds is 17. The zero-order valence-corrected chi connectivity index (χ0v) is 39.4. The van der Waals surface area contributed by atoms with Crippen molar-refractivity contribution in [2.75, 3.05) is 39.3 Å². The summed E-state index contributed by atoms with van der Waals surface area (Å²) in [5.41, 5.74) is 4.37. The molecule has 0 unspecified atom stereocenters. The summed E-state index contributed by atoms with van der Waals surface area (Å²) in [5.74, 6) is 0.710. The van der Waals surface area contributed by atoms with Crippen LogP contribution in [0.1, 0.15) is 100 Å². The summed E-state index contributed by atoms with van der Waals surface area (Å²) in [7, 11) is 0.